The third kappa shape index (κ3) is 3.56. The van der Waals surface area contributed by atoms with Crippen molar-refractivity contribution in [2.24, 2.45) is 0 Å². The molecule has 2 aromatic rings. The van der Waals surface area contributed by atoms with E-state index in [0.717, 1.165) is 27.6 Å². The number of carbonyl (C=O) groups is 1. The topological polar surface area (TPSA) is 50.2 Å². The normalized spacial score (nSPS) is 22.4. The number of rotatable bonds is 2. The lowest BCUT2D eigenvalue weighted by molar-refractivity contribution is -0.173. The standard InChI is InChI=1S/C18H18BrF3N4O/c19-12-5-3-11(4-6-12)13-9-15(18(20,21)22)26-16(23-13)10-14(24-26)17(27)25-7-1-2-8-25/h3-6,10,13,15,23H,1-2,7-9H2/t13-,15+/m1/s1. The number of carbonyl (C=O) groups excluding carboxylic acids is 1. The molecule has 2 aliphatic rings. The highest BCUT2D eigenvalue weighted by Crippen LogP contribution is 2.43. The summed E-state index contributed by atoms with van der Waals surface area (Å²) in [6, 6.07) is 6.33. The zero-order valence-corrected chi connectivity index (χ0v) is 15.9. The van der Waals surface area contributed by atoms with Crippen molar-refractivity contribution >= 4 is 27.7 Å². The van der Waals surface area contributed by atoms with Gasteiger partial charge in [0.15, 0.2) is 11.7 Å². The van der Waals surface area contributed by atoms with E-state index in [1.54, 1.807) is 29.2 Å². The Morgan fingerprint density at radius 1 is 1.19 bits per heavy atom. The predicted molar refractivity (Wildman–Crippen MR) is 97.6 cm³/mol. The van der Waals surface area contributed by atoms with Gasteiger partial charge in [0.05, 0.1) is 6.04 Å². The molecule has 1 saturated heterocycles. The van der Waals surface area contributed by atoms with Gasteiger partial charge in [0.1, 0.15) is 5.82 Å². The highest BCUT2D eigenvalue weighted by Gasteiger charge is 2.47. The molecule has 4 rings (SSSR count). The van der Waals surface area contributed by atoms with Crippen molar-refractivity contribution in [2.45, 2.75) is 37.5 Å². The van der Waals surface area contributed by atoms with E-state index in [0.29, 0.717) is 13.1 Å². The van der Waals surface area contributed by atoms with Gasteiger partial charge in [-0.15, -0.1) is 0 Å². The van der Waals surface area contributed by atoms with Crippen molar-refractivity contribution in [3.05, 3.63) is 46.1 Å². The fourth-order valence-electron chi connectivity index (χ4n) is 3.67. The van der Waals surface area contributed by atoms with Crippen LogP contribution in [0.25, 0.3) is 0 Å². The third-order valence-corrected chi connectivity index (χ3v) is 5.60. The number of benzene rings is 1. The number of anilines is 1. The van der Waals surface area contributed by atoms with Crippen molar-refractivity contribution in [2.75, 3.05) is 18.4 Å². The second-order valence-electron chi connectivity index (χ2n) is 6.90. The Morgan fingerprint density at radius 2 is 1.85 bits per heavy atom. The van der Waals surface area contributed by atoms with Gasteiger partial charge in [0, 0.05) is 30.0 Å². The molecule has 27 heavy (non-hydrogen) atoms. The largest absolute Gasteiger partial charge is 0.410 e. The molecule has 0 radical (unpaired) electrons. The molecule has 0 unspecified atom stereocenters. The Hall–Kier alpha value is -2.03. The van der Waals surface area contributed by atoms with Crippen LogP contribution >= 0.6 is 15.9 Å². The highest BCUT2D eigenvalue weighted by molar-refractivity contribution is 9.10. The number of likely N-dealkylation sites (tertiary alicyclic amines) is 1. The van der Waals surface area contributed by atoms with Gasteiger partial charge in [0.25, 0.3) is 5.91 Å². The average Bonchev–Trinajstić information content (AvgIpc) is 3.29. The van der Waals surface area contributed by atoms with Gasteiger partial charge in [-0.1, -0.05) is 28.1 Å². The fraction of sp³-hybridized carbons (Fsp3) is 0.444. The van der Waals surface area contributed by atoms with E-state index >= 15 is 0 Å². The highest BCUT2D eigenvalue weighted by atomic mass is 79.9. The number of amides is 1. The summed E-state index contributed by atoms with van der Waals surface area (Å²) in [6.45, 7) is 1.25. The van der Waals surface area contributed by atoms with Gasteiger partial charge >= 0.3 is 6.18 Å². The number of nitrogens with one attached hydrogen (secondary N) is 1. The van der Waals surface area contributed by atoms with E-state index in [9.17, 15) is 18.0 Å². The molecule has 0 bridgehead atoms. The van der Waals surface area contributed by atoms with Crippen LogP contribution in [0.4, 0.5) is 19.0 Å². The third-order valence-electron chi connectivity index (χ3n) is 5.07. The Kier molecular flexibility index (Phi) is 4.65. The number of halogens is 4. The SMILES string of the molecule is O=C(c1cc2n(n1)[C@H](C(F)(F)F)C[C@H](c1ccc(Br)cc1)N2)N1CCCC1. The summed E-state index contributed by atoms with van der Waals surface area (Å²) in [6.07, 6.45) is -2.82. The van der Waals surface area contributed by atoms with E-state index in [1.807, 2.05) is 0 Å². The Labute approximate surface area is 162 Å². The van der Waals surface area contributed by atoms with Crippen molar-refractivity contribution < 1.29 is 18.0 Å². The Bertz CT molecular complexity index is 843. The molecule has 0 saturated carbocycles. The average molecular weight is 443 g/mol. The molecule has 1 N–H and O–H groups in total. The molecule has 1 aromatic heterocycles. The summed E-state index contributed by atoms with van der Waals surface area (Å²) in [5.41, 5.74) is 0.817. The summed E-state index contributed by atoms with van der Waals surface area (Å²) >= 11 is 3.33. The number of aromatic nitrogens is 2. The van der Waals surface area contributed by atoms with E-state index in [-0.39, 0.29) is 23.8 Å². The second kappa shape index (κ2) is 6.85. The second-order valence-corrected chi connectivity index (χ2v) is 7.82. The van der Waals surface area contributed by atoms with Crippen molar-refractivity contribution in [3.8, 4) is 0 Å². The number of alkyl halides is 3. The van der Waals surface area contributed by atoms with Crippen LogP contribution in [0.1, 0.15) is 47.4 Å². The van der Waals surface area contributed by atoms with Gasteiger partial charge in [-0.2, -0.15) is 18.3 Å². The minimum absolute atomic E-state index is 0.0603. The van der Waals surface area contributed by atoms with E-state index in [4.69, 9.17) is 0 Å². The Balaban J connectivity index is 1.67. The van der Waals surface area contributed by atoms with Crippen LogP contribution in [0, 0.1) is 0 Å². The molecule has 9 heteroatoms. The van der Waals surface area contributed by atoms with Gasteiger partial charge in [-0.05, 0) is 30.5 Å². The lowest BCUT2D eigenvalue weighted by Crippen LogP contribution is -2.36. The molecule has 1 fully saturated rings. The van der Waals surface area contributed by atoms with Crippen LogP contribution in [-0.2, 0) is 0 Å². The molecule has 3 heterocycles. The number of hydrogen-bond acceptors (Lipinski definition) is 3. The first-order valence-electron chi connectivity index (χ1n) is 8.80. The molecule has 1 amide bonds. The minimum atomic E-state index is -4.45. The maximum absolute atomic E-state index is 13.7. The van der Waals surface area contributed by atoms with Gasteiger partial charge in [0.2, 0.25) is 0 Å². The van der Waals surface area contributed by atoms with Gasteiger partial charge in [-0.25, -0.2) is 4.68 Å². The maximum atomic E-state index is 13.7. The van der Waals surface area contributed by atoms with E-state index in [1.165, 1.54) is 6.07 Å². The minimum Gasteiger partial charge on any atom is -0.363 e. The van der Waals surface area contributed by atoms with Crippen molar-refractivity contribution in [1.82, 2.24) is 14.7 Å². The molecule has 1 aromatic carbocycles. The summed E-state index contributed by atoms with van der Waals surface area (Å²) in [5, 5.41) is 7.14. The van der Waals surface area contributed by atoms with Crippen LogP contribution < -0.4 is 5.32 Å². The molecule has 5 nitrogen and oxygen atoms in total. The molecule has 0 aliphatic carbocycles. The van der Waals surface area contributed by atoms with Gasteiger partial charge < -0.3 is 10.2 Å². The van der Waals surface area contributed by atoms with Crippen LogP contribution in [0.15, 0.2) is 34.8 Å². The lowest BCUT2D eigenvalue weighted by atomic mass is 9.97. The first-order chi connectivity index (χ1) is 12.8. The van der Waals surface area contributed by atoms with E-state index < -0.39 is 18.3 Å². The lowest BCUT2D eigenvalue weighted by Gasteiger charge is -2.33. The van der Waals surface area contributed by atoms with E-state index in [2.05, 4.69) is 26.3 Å². The first kappa shape index (κ1) is 18.3. The fourth-order valence-corrected chi connectivity index (χ4v) is 3.94. The first-order valence-corrected chi connectivity index (χ1v) is 9.60. The summed E-state index contributed by atoms with van der Waals surface area (Å²) in [7, 11) is 0. The maximum Gasteiger partial charge on any atom is 0.410 e. The molecular formula is C18H18BrF3N4O. The summed E-state index contributed by atoms with van der Waals surface area (Å²) in [5.74, 6) is -0.0867. The summed E-state index contributed by atoms with van der Waals surface area (Å²) in [4.78, 5) is 14.2. The van der Waals surface area contributed by atoms with Crippen LogP contribution in [0.3, 0.4) is 0 Å². The summed E-state index contributed by atoms with van der Waals surface area (Å²) < 4.78 is 42.9. The predicted octanol–water partition coefficient (Wildman–Crippen LogP) is 4.54. The molecular weight excluding hydrogens is 425 g/mol. The van der Waals surface area contributed by atoms with Crippen molar-refractivity contribution in [1.29, 1.82) is 0 Å². The zero-order valence-electron chi connectivity index (χ0n) is 14.3. The molecule has 2 atom stereocenters. The van der Waals surface area contributed by atoms with Crippen LogP contribution in [-0.4, -0.2) is 39.9 Å². The van der Waals surface area contributed by atoms with Crippen LogP contribution in [0.5, 0.6) is 0 Å². The smallest absolute Gasteiger partial charge is 0.363 e. The monoisotopic (exact) mass is 442 g/mol. The zero-order chi connectivity index (χ0) is 19.2. The quantitative estimate of drug-likeness (QED) is 0.742. The van der Waals surface area contributed by atoms with Crippen molar-refractivity contribution in [3.63, 3.8) is 0 Å². The Morgan fingerprint density at radius 3 is 2.48 bits per heavy atom. The number of nitrogens with zero attached hydrogens (tertiary/aromatic N) is 3. The number of hydrogen-bond donors (Lipinski definition) is 1. The molecule has 144 valence electrons. The molecule has 0 spiro atoms. The molecule has 2 aliphatic heterocycles. The van der Waals surface area contributed by atoms with Crippen LogP contribution in [0.2, 0.25) is 0 Å². The number of fused-ring (bicyclic) bond motifs is 1. The van der Waals surface area contributed by atoms with Gasteiger partial charge in [-0.3, -0.25) is 4.79 Å².